The molecule has 3 aromatic carbocycles. The normalized spacial score (nSPS) is 18.3. The van der Waals surface area contributed by atoms with Crippen LogP contribution in [0.2, 0.25) is 0 Å². The summed E-state index contributed by atoms with van der Waals surface area (Å²) in [5.41, 5.74) is 7.51. The number of halogens is 3. The van der Waals surface area contributed by atoms with Crippen LogP contribution >= 0.6 is 11.8 Å². The molecule has 4 heterocycles. The van der Waals surface area contributed by atoms with Crippen LogP contribution in [-0.4, -0.2) is 81.5 Å². The van der Waals surface area contributed by atoms with E-state index in [1.807, 2.05) is 23.1 Å². The van der Waals surface area contributed by atoms with Gasteiger partial charge >= 0.3 is 6.18 Å². The molecule has 2 saturated heterocycles. The highest BCUT2D eigenvalue weighted by Crippen LogP contribution is 2.39. The van der Waals surface area contributed by atoms with Crippen molar-refractivity contribution in [2.75, 3.05) is 37.0 Å². The molecule has 0 radical (unpaired) electrons. The van der Waals surface area contributed by atoms with Crippen molar-refractivity contribution in [1.29, 1.82) is 0 Å². The molecule has 4 aromatic rings. The summed E-state index contributed by atoms with van der Waals surface area (Å²) in [6.07, 6.45) is 2.84. The van der Waals surface area contributed by atoms with Crippen molar-refractivity contribution in [3.05, 3.63) is 76.6 Å². The summed E-state index contributed by atoms with van der Waals surface area (Å²) in [5, 5.41) is 6.20. The lowest BCUT2D eigenvalue weighted by molar-refractivity contribution is -0.138. The van der Waals surface area contributed by atoms with Crippen LogP contribution in [0.5, 0.6) is 11.5 Å². The van der Waals surface area contributed by atoms with E-state index in [2.05, 4.69) is 20.6 Å². The highest BCUT2D eigenvalue weighted by Gasteiger charge is 2.40. The Morgan fingerprint density at radius 1 is 1.02 bits per heavy atom. The molecule has 330 valence electrons. The summed E-state index contributed by atoms with van der Waals surface area (Å²) in [7, 11) is 1.53. The molecule has 13 nitrogen and oxygen atoms in total. The summed E-state index contributed by atoms with van der Waals surface area (Å²) < 4.78 is 52.7. The number of methoxy groups -OCH3 is 1. The summed E-state index contributed by atoms with van der Waals surface area (Å²) in [6.45, 7) is 4.85. The molecule has 4 N–H and O–H groups in total. The lowest BCUT2D eigenvalue weighted by Gasteiger charge is -2.29. The van der Waals surface area contributed by atoms with E-state index in [1.54, 1.807) is 42.6 Å². The van der Waals surface area contributed by atoms with Gasteiger partial charge in [-0.3, -0.25) is 24.5 Å². The number of rotatable bonds is 17. The molecular weight excluding hydrogens is 824 g/mol. The standard InChI is InChI=1S/C45H52F3N7O6S/c1-26(28-19-29(45(46,47)48)21-30(49)20-28)50-42-33-22-38(37(60-3)23-35(33)51-27(2)52-42)61-31-16-17-54(24-31)41(57)13-8-6-4-5-7-9-18-62-39-12-10-11-32-34(39)25-55(44(32)59)36-14-15-40(56)53-43(36)58/h10-12,19-23,26,31,36H,4-9,13-18,24-25,49H2,1-3H3,(H,50,51,52)(H,53,56,58)/t26-,31+,36?/m1/s1. The van der Waals surface area contributed by atoms with Crippen molar-refractivity contribution in [2.24, 2.45) is 0 Å². The van der Waals surface area contributed by atoms with Gasteiger partial charge in [0, 0.05) is 60.0 Å². The number of hydrogen-bond donors (Lipinski definition) is 3. The predicted molar refractivity (Wildman–Crippen MR) is 230 cm³/mol. The van der Waals surface area contributed by atoms with E-state index in [0.717, 1.165) is 66.9 Å². The summed E-state index contributed by atoms with van der Waals surface area (Å²) in [6, 6.07) is 11.5. The highest BCUT2D eigenvalue weighted by atomic mass is 32.2. The van der Waals surface area contributed by atoms with Gasteiger partial charge in [-0.1, -0.05) is 31.7 Å². The minimum absolute atomic E-state index is 0.00753. The second-order valence-electron chi connectivity index (χ2n) is 16.2. The van der Waals surface area contributed by atoms with Gasteiger partial charge in [0.05, 0.1) is 30.8 Å². The number of benzene rings is 3. The molecule has 1 aromatic heterocycles. The number of imide groups is 1. The van der Waals surface area contributed by atoms with Crippen LogP contribution in [0.3, 0.4) is 0 Å². The lowest BCUT2D eigenvalue weighted by Crippen LogP contribution is -2.52. The molecule has 3 atom stereocenters. The maximum absolute atomic E-state index is 13.5. The molecule has 0 saturated carbocycles. The topological polar surface area (TPSA) is 169 Å². The number of alkyl halides is 3. The minimum Gasteiger partial charge on any atom is -0.493 e. The molecule has 0 bridgehead atoms. The van der Waals surface area contributed by atoms with Crippen molar-refractivity contribution in [3.63, 3.8) is 0 Å². The fourth-order valence-corrected chi connectivity index (χ4v) is 9.43. The largest absolute Gasteiger partial charge is 0.493 e. The number of carbonyl (C=O) groups excluding carboxylic acids is 4. The molecule has 4 amide bonds. The number of fused-ring (bicyclic) bond motifs is 2. The number of nitrogen functional groups attached to an aromatic ring is 1. The second-order valence-corrected chi connectivity index (χ2v) is 17.3. The van der Waals surface area contributed by atoms with Crippen LogP contribution in [0.15, 0.2) is 53.4 Å². The first-order chi connectivity index (χ1) is 29.7. The number of aryl methyl sites for hydroxylation is 1. The maximum Gasteiger partial charge on any atom is 0.416 e. The Morgan fingerprint density at radius 3 is 2.55 bits per heavy atom. The molecule has 2 fully saturated rings. The fourth-order valence-electron chi connectivity index (χ4n) is 8.34. The van der Waals surface area contributed by atoms with Gasteiger partial charge in [-0.05, 0) is 86.4 Å². The van der Waals surface area contributed by atoms with Gasteiger partial charge < -0.3 is 30.3 Å². The summed E-state index contributed by atoms with van der Waals surface area (Å²) >= 11 is 1.73. The molecule has 17 heteroatoms. The van der Waals surface area contributed by atoms with Crippen molar-refractivity contribution in [1.82, 2.24) is 25.1 Å². The average Bonchev–Trinajstić information content (AvgIpc) is 3.84. The summed E-state index contributed by atoms with van der Waals surface area (Å²) in [4.78, 5) is 64.0. The average molecular weight is 876 g/mol. The van der Waals surface area contributed by atoms with Crippen LogP contribution in [0, 0.1) is 6.92 Å². The van der Waals surface area contributed by atoms with Crippen LogP contribution in [-0.2, 0) is 27.1 Å². The Morgan fingerprint density at radius 2 is 1.79 bits per heavy atom. The first-order valence-corrected chi connectivity index (χ1v) is 22.1. The number of nitrogens with one attached hydrogen (secondary N) is 2. The molecule has 0 aliphatic carbocycles. The molecule has 3 aliphatic heterocycles. The Labute approximate surface area is 362 Å². The monoisotopic (exact) mass is 875 g/mol. The van der Waals surface area contributed by atoms with Crippen LogP contribution in [0.4, 0.5) is 24.7 Å². The molecule has 62 heavy (non-hydrogen) atoms. The number of likely N-dealkylation sites (tertiary alicyclic amines) is 1. The van der Waals surface area contributed by atoms with E-state index in [0.29, 0.717) is 84.1 Å². The smallest absolute Gasteiger partial charge is 0.416 e. The minimum atomic E-state index is -4.54. The fraction of sp³-hybridized carbons (Fsp3) is 0.467. The van der Waals surface area contributed by atoms with Crippen molar-refractivity contribution < 1.29 is 41.8 Å². The van der Waals surface area contributed by atoms with Crippen LogP contribution in [0.1, 0.15) is 110 Å². The van der Waals surface area contributed by atoms with E-state index in [1.165, 1.54) is 13.2 Å². The number of thioether (sulfide) groups is 1. The molecule has 3 aliphatic rings. The Kier molecular flexibility index (Phi) is 13.8. The number of unbranched alkanes of at least 4 members (excludes halogenated alkanes) is 5. The van der Waals surface area contributed by atoms with E-state index in [9.17, 15) is 32.3 Å². The Hall–Kier alpha value is -5.58. The quantitative estimate of drug-likeness (QED) is 0.0407. The third kappa shape index (κ3) is 10.4. The molecular formula is C45H52F3N7O6S. The van der Waals surface area contributed by atoms with E-state index in [-0.39, 0.29) is 35.9 Å². The van der Waals surface area contributed by atoms with Crippen molar-refractivity contribution in [2.45, 2.75) is 114 Å². The number of nitrogens with zero attached hydrogens (tertiary/aromatic N) is 4. The number of ether oxygens (including phenoxy) is 2. The van der Waals surface area contributed by atoms with Gasteiger partial charge in [-0.2, -0.15) is 13.2 Å². The first-order valence-electron chi connectivity index (χ1n) is 21.1. The zero-order valence-electron chi connectivity index (χ0n) is 35.1. The van der Waals surface area contributed by atoms with Gasteiger partial charge in [0.1, 0.15) is 23.8 Å². The first kappa shape index (κ1) is 44.5. The SMILES string of the molecule is COc1cc2nc(C)nc(N[C@H](C)c3cc(N)cc(C(F)(F)F)c3)c2cc1O[C@H]1CCN(C(=O)CCCCCCCCSc2cccc3c2CN(C2CCC(=O)NC2=O)C3=O)C1. The number of piperidine rings is 1. The highest BCUT2D eigenvalue weighted by molar-refractivity contribution is 7.99. The molecule has 0 spiro atoms. The van der Waals surface area contributed by atoms with E-state index in [4.69, 9.17) is 15.2 Å². The number of amides is 4. The van der Waals surface area contributed by atoms with Gasteiger partial charge in [0.15, 0.2) is 11.5 Å². The van der Waals surface area contributed by atoms with Gasteiger partial charge in [0.25, 0.3) is 5.91 Å². The number of anilines is 2. The Balaban J connectivity index is 0.842. The lowest BCUT2D eigenvalue weighted by atomic mass is 10.0. The van der Waals surface area contributed by atoms with Crippen molar-refractivity contribution >= 4 is 57.8 Å². The molecule has 1 unspecified atom stereocenters. The third-order valence-corrected chi connectivity index (χ3v) is 12.8. The zero-order chi connectivity index (χ0) is 44.1. The predicted octanol–water partition coefficient (Wildman–Crippen LogP) is 7.98. The summed E-state index contributed by atoms with van der Waals surface area (Å²) in [5.74, 6) is 1.93. The van der Waals surface area contributed by atoms with Gasteiger partial charge in [0.2, 0.25) is 17.7 Å². The van der Waals surface area contributed by atoms with E-state index >= 15 is 0 Å². The zero-order valence-corrected chi connectivity index (χ0v) is 35.9. The van der Waals surface area contributed by atoms with Crippen molar-refractivity contribution in [3.8, 4) is 11.5 Å². The van der Waals surface area contributed by atoms with Gasteiger partial charge in [-0.15, -0.1) is 11.8 Å². The number of carbonyl (C=O) groups is 4. The number of nitrogens with two attached hydrogens (primary N) is 1. The van der Waals surface area contributed by atoms with E-state index < -0.39 is 29.7 Å². The molecule has 7 rings (SSSR count). The second kappa shape index (κ2) is 19.2. The number of aromatic nitrogens is 2. The number of hydrogen-bond acceptors (Lipinski definition) is 11. The Bertz CT molecular complexity index is 2350. The van der Waals surface area contributed by atoms with Gasteiger partial charge in [-0.25, -0.2) is 9.97 Å². The third-order valence-electron chi connectivity index (χ3n) is 11.6. The maximum atomic E-state index is 13.5. The van der Waals surface area contributed by atoms with Crippen LogP contribution in [0.25, 0.3) is 10.9 Å². The van der Waals surface area contributed by atoms with Crippen LogP contribution < -0.4 is 25.8 Å².